The Kier molecular flexibility index (Phi) is 5.83. The van der Waals surface area contributed by atoms with E-state index in [0.29, 0.717) is 5.46 Å². The first kappa shape index (κ1) is 21.5. The Morgan fingerprint density at radius 1 is 0.529 bits per heavy atom. The second kappa shape index (κ2) is 9.24. The molecule has 0 atom stereocenters. The molecule has 0 fully saturated rings. The second-order valence-corrected chi connectivity index (χ2v) is 8.26. The zero-order chi connectivity index (χ0) is 23.5. The summed E-state index contributed by atoms with van der Waals surface area (Å²) >= 11 is 0. The van der Waals surface area contributed by atoms with Crippen LogP contribution in [0, 0.1) is 16.7 Å². The fourth-order valence-electron chi connectivity index (χ4n) is 4.60. The summed E-state index contributed by atoms with van der Waals surface area (Å²) in [7, 11) is 0. The number of benzene rings is 5. The number of hydrogen-bond donors (Lipinski definition) is 0. The Bertz CT molecular complexity index is 1490. The lowest BCUT2D eigenvalue weighted by Gasteiger charge is -2.18. The van der Waals surface area contributed by atoms with Crippen molar-refractivity contribution in [3.8, 4) is 33.4 Å². The second-order valence-electron chi connectivity index (χ2n) is 8.26. The molecular formula is C29H21BN2O2. The minimum atomic E-state index is -1.22. The molecule has 0 heterocycles. The van der Waals surface area contributed by atoms with Crippen LogP contribution in [0.5, 0.6) is 0 Å². The Morgan fingerprint density at radius 3 is 1.76 bits per heavy atom. The summed E-state index contributed by atoms with van der Waals surface area (Å²) in [6, 6.07) is 36.8. The Hall–Kier alpha value is -4.38. The molecule has 34 heavy (non-hydrogen) atoms. The molecule has 0 N–H and O–H groups in total. The van der Waals surface area contributed by atoms with E-state index in [1.165, 1.54) is 33.2 Å². The Labute approximate surface area is 198 Å². The molecule has 0 saturated heterocycles. The molecule has 4 nitrogen and oxygen atoms in total. The maximum Gasteiger partial charge on any atom is 0.548 e. The molecule has 5 aromatic carbocycles. The molecule has 0 bridgehead atoms. The molecule has 5 aromatic rings. The lowest BCUT2D eigenvalue weighted by molar-refractivity contribution is 1.49. The van der Waals surface area contributed by atoms with Crippen molar-refractivity contribution in [3.05, 3.63) is 125 Å². The van der Waals surface area contributed by atoms with Gasteiger partial charge in [-0.2, -0.15) is 9.81 Å². The van der Waals surface area contributed by atoms with Gasteiger partial charge in [-0.05, 0) is 68.2 Å². The quantitative estimate of drug-likeness (QED) is 0.204. The smallest absolute Gasteiger partial charge is 0.164 e. The fourth-order valence-corrected chi connectivity index (χ4v) is 4.60. The maximum atomic E-state index is 10.9. The van der Waals surface area contributed by atoms with Gasteiger partial charge in [0.2, 0.25) is 0 Å². The van der Waals surface area contributed by atoms with Gasteiger partial charge in [-0.3, -0.25) is 0 Å². The molecule has 0 aliphatic carbocycles. The zero-order valence-electron chi connectivity index (χ0n) is 18.7. The minimum Gasteiger partial charge on any atom is -0.164 e. The average molecular weight is 440 g/mol. The van der Waals surface area contributed by atoms with E-state index in [2.05, 4.69) is 89.9 Å². The van der Waals surface area contributed by atoms with Crippen LogP contribution in [0.4, 0.5) is 0 Å². The van der Waals surface area contributed by atoms with Gasteiger partial charge in [-0.25, -0.2) is 0 Å². The highest BCUT2D eigenvalue weighted by Crippen LogP contribution is 2.40. The molecule has 0 saturated carbocycles. The van der Waals surface area contributed by atoms with Crippen LogP contribution in [0.3, 0.4) is 0 Å². The van der Waals surface area contributed by atoms with Gasteiger partial charge >= 0.3 is 6.98 Å². The highest BCUT2D eigenvalue weighted by atomic mass is 16.3. The van der Waals surface area contributed by atoms with E-state index >= 15 is 0 Å². The van der Waals surface area contributed by atoms with Crippen LogP contribution in [0.15, 0.2) is 119 Å². The van der Waals surface area contributed by atoms with E-state index in [9.17, 15) is 9.81 Å². The summed E-state index contributed by atoms with van der Waals surface area (Å²) in [4.78, 5) is 21.8. The van der Waals surface area contributed by atoms with Crippen molar-refractivity contribution in [3.63, 3.8) is 0 Å². The van der Waals surface area contributed by atoms with E-state index in [0.717, 1.165) is 16.5 Å². The average Bonchev–Trinajstić information content (AvgIpc) is 2.91. The van der Waals surface area contributed by atoms with E-state index in [4.69, 9.17) is 0 Å². The van der Waals surface area contributed by atoms with Crippen LogP contribution in [-0.4, -0.2) is 6.98 Å². The number of rotatable bonds is 6. The van der Waals surface area contributed by atoms with Gasteiger partial charge in [0.25, 0.3) is 0 Å². The van der Waals surface area contributed by atoms with Gasteiger partial charge in [0.15, 0.2) is 0 Å². The summed E-state index contributed by atoms with van der Waals surface area (Å²) in [6.45, 7) is 0.944. The molecule has 0 radical (unpaired) electrons. The van der Waals surface area contributed by atoms with Crippen molar-refractivity contribution in [2.45, 2.75) is 6.92 Å². The lowest BCUT2D eigenvalue weighted by Crippen LogP contribution is -2.25. The number of nitroso groups, excluding NO2 is 2. The van der Waals surface area contributed by atoms with Crippen LogP contribution in [-0.2, 0) is 0 Å². The largest absolute Gasteiger partial charge is 0.548 e. The maximum absolute atomic E-state index is 10.9. The highest BCUT2D eigenvalue weighted by Gasteiger charge is 2.21. The minimum absolute atomic E-state index is 0.486. The van der Waals surface area contributed by atoms with Gasteiger partial charge in [0, 0.05) is 0 Å². The Balaban J connectivity index is 1.74. The molecule has 0 spiro atoms. The predicted octanol–water partition coefficient (Wildman–Crippen LogP) is 7.38. The summed E-state index contributed by atoms with van der Waals surface area (Å²) in [5.41, 5.74) is 8.47. The monoisotopic (exact) mass is 440 g/mol. The highest BCUT2D eigenvalue weighted by molar-refractivity contribution is 6.69. The van der Waals surface area contributed by atoms with Crippen molar-refractivity contribution >= 4 is 23.2 Å². The van der Waals surface area contributed by atoms with Crippen molar-refractivity contribution in [2.75, 3.05) is 0 Å². The Morgan fingerprint density at radius 2 is 1.09 bits per heavy atom. The topological polar surface area (TPSA) is 58.9 Å². The third-order valence-electron chi connectivity index (χ3n) is 6.34. The number of hydrogen-bond acceptors (Lipinski definition) is 4. The standard InChI is InChI=1S/C29H21BN2O2/c1-20-24-11-5-7-13-26(24)29(22-15-17-23(18-16-22)30(31-33)32-34)19-28(20)27-14-8-6-12-25(27)21-9-3-2-4-10-21/h2-19H,1H3. The number of aryl methyl sites for hydroxylation is 1. The fraction of sp³-hybridized carbons (Fsp3) is 0.0345. The van der Waals surface area contributed by atoms with Crippen LogP contribution in [0.2, 0.25) is 0 Å². The van der Waals surface area contributed by atoms with Crippen LogP contribution in [0.1, 0.15) is 5.56 Å². The number of fused-ring (bicyclic) bond motifs is 1. The molecule has 5 rings (SSSR count). The molecule has 0 amide bonds. The van der Waals surface area contributed by atoms with Crippen LogP contribution >= 0.6 is 0 Å². The summed E-state index contributed by atoms with van der Waals surface area (Å²) in [5, 5.41) is 7.94. The molecule has 162 valence electrons. The van der Waals surface area contributed by atoms with Crippen molar-refractivity contribution in [1.29, 1.82) is 0 Å². The van der Waals surface area contributed by atoms with Crippen molar-refractivity contribution in [2.24, 2.45) is 10.2 Å². The van der Waals surface area contributed by atoms with Crippen molar-refractivity contribution < 1.29 is 0 Å². The first-order valence-corrected chi connectivity index (χ1v) is 11.1. The van der Waals surface area contributed by atoms with Gasteiger partial charge in [0.1, 0.15) is 0 Å². The van der Waals surface area contributed by atoms with E-state index in [1.807, 2.05) is 24.3 Å². The van der Waals surface area contributed by atoms with E-state index in [-0.39, 0.29) is 0 Å². The summed E-state index contributed by atoms with van der Waals surface area (Å²) < 4.78 is 0. The molecular weight excluding hydrogens is 419 g/mol. The molecule has 0 aliphatic heterocycles. The molecule has 0 unspecified atom stereocenters. The SMILES string of the molecule is Cc1c(-c2ccccc2-c2ccccc2)cc(-c2ccc(B(N=O)N=O)cc2)c2ccccc12. The first-order chi connectivity index (χ1) is 16.7. The third kappa shape index (κ3) is 3.82. The van der Waals surface area contributed by atoms with E-state index in [1.54, 1.807) is 12.1 Å². The summed E-state index contributed by atoms with van der Waals surface area (Å²) in [5.74, 6) is 0. The van der Waals surface area contributed by atoms with Crippen LogP contribution < -0.4 is 5.46 Å². The van der Waals surface area contributed by atoms with Gasteiger partial charge in [0.05, 0.1) is 0 Å². The molecule has 5 heteroatoms. The lowest BCUT2D eigenvalue weighted by atomic mass is 9.71. The first-order valence-electron chi connectivity index (χ1n) is 11.1. The number of nitrogens with zero attached hydrogens (tertiary/aromatic N) is 2. The van der Waals surface area contributed by atoms with Crippen molar-refractivity contribution in [1.82, 2.24) is 0 Å². The van der Waals surface area contributed by atoms with Gasteiger partial charge in [-0.1, -0.05) is 113 Å². The van der Waals surface area contributed by atoms with E-state index < -0.39 is 6.98 Å². The van der Waals surface area contributed by atoms with Gasteiger partial charge in [-0.15, -0.1) is 0 Å². The predicted molar refractivity (Wildman–Crippen MR) is 142 cm³/mol. The molecule has 0 aliphatic rings. The summed E-state index contributed by atoms with van der Waals surface area (Å²) in [6.07, 6.45) is 0. The zero-order valence-corrected chi connectivity index (χ0v) is 18.7. The van der Waals surface area contributed by atoms with Gasteiger partial charge < -0.3 is 0 Å². The third-order valence-corrected chi connectivity index (χ3v) is 6.34. The normalized spacial score (nSPS) is 10.7. The molecule has 0 aromatic heterocycles. The van der Waals surface area contributed by atoms with Crippen LogP contribution in [0.25, 0.3) is 44.2 Å².